The van der Waals surface area contributed by atoms with E-state index in [1.165, 1.54) is 0 Å². The maximum Gasteiger partial charge on any atom is 0.239 e. The lowest BCUT2D eigenvalue weighted by Crippen LogP contribution is -2.50. The van der Waals surface area contributed by atoms with E-state index in [1.54, 1.807) is 37.4 Å². The van der Waals surface area contributed by atoms with Gasteiger partial charge < -0.3 is 30.4 Å². The molecule has 9 heteroatoms. The summed E-state index contributed by atoms with van der Waals surface area (Å²) in [4.78, 5) is 14.3. The second-order valence-electron chi connectivity index (χ2n) is 8.43. The van der Waals surface area contributed by atoms with Crippen LogP contribution < -0.4 is 25.3 Å². The first-order valence-corrected chi connectivity index (χ1v) is 11.5. The molecule has 0 spiro atoms. The van der Waals surface area contributed by atoms with Crippen LogP contribution in [0, 0.1) is 0 Å². The van der Waals surface area contributed by atoms with Gasteiger partial charge in [-0.3, -0.25) is 9.69 Å². The number of amides is 1. The minimum atomic E-state index is -0.719. The summed E-state index contributed by atoms with van der Waals surface area (Å²) in [6.45, 7) is 2.08. The molecule has 33 heavy (non-hydrogen) atoms. The van der Waals surface area contributed by atoms with Gasteiger partial charge in [-0.1, -0.05) is 23.7 Å². The van der Waals surface area contributed by atoms with Crippen LogP contribution in [0.2, 0.25) is 5.02 Å². The van der Waals surface area contributed by atoms with E-state index in [1.807, 2.05) is 12.1 Å². The summed E-state index contributed by atoms with van der Waals surface area (Å²) >= 11 is 6.10. The van der Waals surface area contributed by atoms with Gasteiger partial charge in [0.05, 0.1) is 7.11 Å². The average Bonchev–Trinajstić information content (AvgIpc) is 2.82. The Labute approximate surface area is 198 Å². The number of fused-ring (bicyclic) bond motifs is 1. The number of hydrogen-bond donors (Lipinski definition) is 3. The number of nitrogens with one attached hydrogen (secondary N) is 1. The van der Waals surface area contributed by atoms with Gasteiger partial charge in [0.25, 0.3) is 0 Å². The van der Waals surface area contributed by atoms with E-state index >= 15 is 0 Å². The van der Waals surface area contributed by atoms with Crippen LogP contribution in [-0.2, 0) is 4.79 Å². The molecule has 1 fully saturated rings. The molecule has 2 aromatic rings. The largest absolute Gasteiger partial charge is 0.497 e. The molecule has 0 aliphatic carbocycles. The van der Waals surface area contributed by atoms with Crippen molar-refractivity contribution in [2.75, 3.05) is 33.4 Å². The molecule has 2 aliphatic rings. The number of primary amides is 1. The average molecular weight is 476 g/mol. The highest BCUT2D eigenvalue weighted by Crippen LogP contribution is 2.35. The smallest absolute Gasteiger partial charge is 0.239 e. The molecule has 1 amide bonds. The number of likely N-dealkylation sites (tertiary alicyclic amines) is 1. The molecule has 2 aliphatic heterocycles. The number of aliphatic hydroxyl groups is 1. The zero-order valence-corrected chi connectivity index (χ0v) is 19.3. The predicted molar refractivity (Wildman–Crippen MR) is 125 cm³/mol. The van der Waals surface area contributed by atoms with Crippen LogP contribution in [-0.4, -0.2) is 67.5 Å². The Morgan fingerprint density at radius 2 is 2.06 bits per heavy atom. The first-order valence-electron chi connectivity index (χ1n) is 11.1. The Kier molecular flexibility index (Phi) is 7.60. The number of aliphatic hydroxyl groups excluding tert-OH is 1. The van der Waals surface area contributed by atoms with Crippen LogP contribution in [0.1, 0.15) is 24.4 Å². The van der Waals surface area contributed by atoms with Crippen molar-refractivity contribution in [2.24, 2.45) is 5.73 Å². The molecule has 4 rings (SSSR count). The maximum absolute atomic E-state index is 12.2. The predicted octanol–water partition coefficient (Wildman–Crippen LogP) is 2.13. The highest BCUT2D eigenvalue weighted by molar-refractivity contribution is 6.30. The number of halogens is 1. The molecule has 3 atom stereocenters. The van der Waals surface area contributed by atoms with Crippen LogP contribution in [0.4, 0.5) is 0 Å². The lowest BCUT2D eigenvalue weighted by molar-refractivity contribution is -0.124. The number of nitrogens with two attached hydrogens (primary N) is 1. The van der Waals surface area contributed by atoms with Crippen molar-refractivity contribution in [1.29, 1.82) is 0 Å². The summed E-state index contributed by atoms with van der Waals surface area (Å²) in [7, 11) is 1.60. The molecule has 2 aromatic carbocycles. The van der Waals surface area contributed by atoms with Crippen LogP contribution in [0.3, 0.4) is 0 Å². The molecule has 0 saturated carbocycles. The summed E-state index contributed by atoms with van der Waals surface area (Å²) in [5.74, 6) is 1.52. The minimum Gasteiger partial charge on any atom is -0.497 e. The van der Waals surface area contributed by atoms with E-state index < -0.39 is 18.2 Å². The maximum atomic E-state index is 12.2. The van der Waals surface area contributed by atoms with Crippen LogP contribution in [0.15, 0.2) is 42.5 Å². The summed E-state index contributed by atoms with van der Waals surface area (Å²) in [6.07, 6.45) is 0.493. The third-order valence-corrected chi connectivity index (χ3v) is 6.44. The van der Waals surface area contributed by atoms with Gasteiger partial charge in [-0.2, -0.15) is 0 Å². The molecule has 2 heterocycles. The standard InChI is InChI=1S/C24H30ClN3O5/c1-31-18-5-6-20-21(12-18)32-14-22(33-20)19(29)13-27-17-7-9-28(10-8-17)23(24(26)30)15-3-2-4-16(25)11-15/h2-6,11-12,17,19,22-23,27,29H,7-10,13-14H2,1H3,(H2,26,30). The van der Waals surface area contributed by atoms with E-state index in [0.717, 1.165) is 18.4 Å². The normalized spacial score (nSPS) is 20.8. The third kappa shape index (κ3) is 5.70. The number of ether oxygens (including phenoxy) is 3. The second-order valence-corrected chi connectivity index (χ2v) is 8.86. The van der Waals surface area contributed by atoms with Gasteiger partial charge in [-0.05, 0) is 42.7 Å². The van der Waals surface area contributed by atoms with Crippen molar-refractivity contribution in [2.45, 2.75) is 37.1 Å². The summed E-state index contributed by atoms with van der Waals surface area (Å²) < 4.78 is 16.9. The van der Waals surface area contributed by atoms with Crippen molar-refractivity contribution in [3.63, 3.8) is 0 Å². The molecular weight excluding hydrogens is 446 g/mol. The summed E-state index contributed by atoms with van der Waals surface area (Å²) in [5.41, 5.74) is 6.52. The number of hydrogen-bond acceptors (Lipinski definition) is 7. The Bertz CT molecular complexity index is 967. The van der Waals surface area contributed by atoms with Crippen molar-refractivity contribution in [3.8, 4) is 17.2 Å². The fourth-order valence-corrected chi connectivity index (χ4v) is 4.60. The van der Waals surface area contributed by atoms with Gasteiger partial charge in [0.2, 0.25) is 5.91 Å². The Hall–Kier alpha value is -2.52. The monoisotopic (exact) mass is 475 g/mol. The van der Waals surface area contributed by atoms with E-state index in [0.29, 0.717) is 41.9 Å². The van der Waals surface area contributed by atoms with Crippen LogP contribution >= 0.6 is 11.6 Å². The molecule has 8 nitrogen and oxygen atoms in total. The van der Waals surface area contributed by atoms with Gasteiger partial charge >= 0.3 is 0 Å². The third-order valence-electron chi connectivity index (χ3n) is 6.21. The molecular formula is C24H30ClN3O5. The lowest BCUT2D eigenvalue weighted by atomic mass is 9.98. The van der Waals surface area contributed by atoms with Gasteiger partial charge in [0, 0.05) is 36.8 Å². The zero-order valence-electron chi connectivity index (χ0n) is 18.6. The number of carbonyl (C=O) groups is 1. The topological polar surface area (TPSA) is 106 Å². The molecule has 0 aromatic heterocycles. The lowest BCUT2D eigenvalue weighted by Gasteiger charge is -2.37. The molecule has 178 valence electrons. The molecule has 3 unspecified atom stereocenters. The number of rotatable bonds is 8. The van der Waals surface area contributed by atoms with Crippen molar-refractivity contribution >= 4 is 17.5 Å². The fourth-order valence-electron chi connectivity index (χ4n) is 4.40. The highest BCUT2D eigenvalue weighted by atomic mass is 35.5. The number of carbonyl (C=O) groups excluding carboxylic acids is 1. The number of methoxy groups -OCH3 is 1. The first-order chi connectivity index (χ1) is 15.9. The number of benzene rings is 2. The van der Waals surface area contributed by atoms with Gasteiger partial charge in [-0.25, -0.2) is 0 Å². The van der Waals surface area contributed by atoms with E-state index in [4.69, 9.17) is 31.5 Å². The van der Waals surface area contributed by atoms with Crippen molar-refractivity contribution in [3.05, 3.63) is 53.1 Å². The minimum absolute atomic E-state index is 0.227. The molecule has 4 N–H and O–H groups in total. The quantitative estimate of drug-likeness (QED) is 0.537. The van der Waals surface area contributed by atoms with E-state index in [9.17, 15) is 9.90 Å². The van der Waals surface area contributed by atoms with Gasteiger partial charge in [0.1, 0.15) is 24.5 Å². The van der Waals surface area contributed by atoms with Crippen molar-refractivity contribution in [1.82, 2.24) is 10.2 Å². The van der Waals surface area contributed by atoms with Crippen LogP contribution in [0.25, 0.3) is 0 Å². The van der Waals surface area contributed by atoms with Gasteiger partial charge in [-0.15, -0.1) is 0 Å². The summed E-state index contributed by atoms with van der Waals surface area (Å²) in [5, 5.41) is 14.7. The first kappa shape index (κ1) is 23.6. The van der Waals surface area contributed by atoms with Gasteiger partial charge in [0.15, 0.2) is 17.6 Å². The molecule has 0 bridgehead atoms. The Morgan fingerprint density at radius 1 is 1.27 bits per heavy atom. The molecule has 1 saturated heterocycles. The zero-order chi connectivity index (χ0) is 23.4. The number of nitrogens with zero attached hydrogens (tertiary/aromatic N) is 1. The molecule has 0 radical (unpaired) electrons. The van der Waals surface area contributed by atoms with E-state index in [2.05, 4.69) is 10.2 Å². The number of piperidine rings is 1. The van der Waals surface area contributed by atoms with Crippen LogP contribution in [0.5, 0.6) is 17.2 Å². The van der Waals surface area contributed by atoms with E-state index in [-0.39, 0.29) is 18.6 Å². The second kappa shape index (κ2) is 10.6. The Morgan fingerprint density at radius 3 is 2.76 bits per heavy atom. The SMILES string of the molecule is COc1ccc2c(c1)OCC(C(O)CNC1CCN(C(C(N)=O)c3cccc(Cl)c3)CC1)O2. The van der Waals surface area contributed by atoms with Crippen molar-refractivity contribution < 1.29 is 24.1 Å². The fraction of sp³-hybridized carbons (Fsp3) is 0.458. The summed E-state index contributed by atoms with van der Waals surface area (Å²) in [6, 6.07) is 12.4. The highest BCUT2D eigenvalue weighted by Gasteiger charge is 2.32. The Balaban J connectivity index is 1.26.